The van der Waals surface area contributed by atoms with Gasteiger partial charge in [0.05, 0.1) is 6.10 Å². The van der Waals surface area contributed by atoms with Gasteiger partial charge in [-0.15, -0.1) is 0 Å². The Kier molecular flexibility index (Phi) is 7.33. The molecule has 3 nitrogen and oxygen atoms in total. The molecule has 19 heavy (non-hydrogen) atoms. The number of likely N-dealkylation sites (tertiary alicyclic amines) is 1. The van der Waals surface area contributed by atoms with Crippen molar-refractivity contribution in [1.29, 1.82) is 0 Å². The topological polar surface area (TPSA) is 24.5 Å². The van der Waals surface area contributed by atoms with Crippen LogP contribution in [0.1, 0.15) is 60.3 Å². The maximum atomic E-state index is 5.82. The molecule has 0 bridgehead atoms. The molecule has 1 saturated heterocycles. The van der Waals surface area contributed by atoms with Gasteiger partial charge in [-0.25, -0.2) is 0 Å². The quantitative estimate of drug-likeness (QED) is 0.769. The van der Waals surface area contributed by atoms with Crippen LogP contribution in [0.2, 0.25) is 0 Å². The Balaban J connectivity index is 2.49. The summed E-state index contributed by atoms with van der Waals surface area (Å²) >= 11 is 0. The van der Waals surface area contributed by atoms with Crippen molar-refractivity contribution in [2.45, 2.75) is 78.0 Å². The van der Waals surface area contributed by atoms with Crippen LogP contribution in [0, 0.1) is 0 Å². The second-order valence-electron chi connectivity index (χ2n) is 6.79. The largest absolute Gasteiger partial charge is 0.377 e. The van der Waals surface area contributed by atoms with E-state index >= 15 is 0 Å². The molecule has 3 heteroatoms. The van der Waals surface area contributed by atoms with Crippen LogP contribution < -0.4 is 5.32 Å². The van der Waals surface area contributed by atoms with Gasteiger partial charge in [0.1, 0.15) is 0 Å². The van der Waals surface area contributed by atoms with Gasteiger partial charge < -0.3 is 10.1 Å². The molecule has 0 amide bonds. The zero-order chi connectivity index (χ0) is 14.3. The summed E-state index contributed by atoms with van der Waals surface area (Å²) in [5, 5.41) is 3.67. The molecular weight excluding hydrogens is 236 g/mol. The van der Waals surface area contributed by atoms with Crippen molar-refractivity contribution in [1.82, 2.24) is 10.2 Å². The second-order valence-corrected chi connectivity index (χ2v) is 6.79. The van der Waals surface area contributed by atoms with Crippen LogP contribution in [0.25, 0.3) is 0 Å². The first kappa shape index (κ1) is 16.9. The number of ether oxygens (including phenoxy) is 1. The lowest BCUT2D eigenvalue weighted by Gasteiger charge is -2.39. The molecule has 2 atom stereocenters. The van der Waals surface area contributed by atoms with E-state index in [1.807, 2.05) is 0 Å². The van der Waals surface area contributed by atoms with Crippen molar-refractivity contribution in [3.63, 3.8) is 0 Å². The summed E-state index contributed by atoms with van der Waals surface area (Å²) in [4.78, 5) is 2.64. The third kappa shape index (κ3) is 6.73. The number of rotatable bonds is 7. The lowest BCUT2D eigenvalue weighted by Crippen LogP contribution is -2.51. The van der Waals surface area contributed by atoms with Crippen LogP contribution in [0.3, 0.4) is 0 Å². The van der Waals surface area contributed by atoms with E-state index in [-0.39, 0.29) is 5.54 Å². The Morgan fingerprint density at radius 1 is 1.32 bits per heavy atom. The lowest BCUT2D eigenvalue weighted by molar-refractivity contribution is -0.00908. The van der Waals surface area contributed by atoms with Crippen molar-refractivity contribution in [2.24, 2.45) is 0 Å². The van der Waals surface area contributed by atoms with E-state index < -0.39 is 0 Å². The molecule has 1 rings (SSSR count). The Morgan fingerprint density at radius 3 is 2.63 bits per heavy atom. The van der Waals surface area contributed by atoms with Crippen molar-refractivity contribution >= 4 is 0 Å². The van der Waals surface area contributed by atoms with Gasteiger partial charge in [0.25, 0.3) is 0 Å². The zero-order valence-electron chi connectivity index (χ0n) is 13.7. The van der Waals surface area contributed by atoms with E-state index in [1.165, 1.54) is 32.2 Å². The summed E-state index contributed by atoms with van der Waals surface area (Å²) in [7, 11) is 0. The zero-order valence-corrected chi connectivity index (χ0v) is 13.7. The fourth-order valence-electron chi connectivity index (χ4n) is 2.84. The second kappa shape index (κ2) is 8.23. The third-order valence-electron chi connectivity index (χ3n) is 3.82. The van der Waals surface area contributed by atoms with Gasteiger partial charge in [-0.1, -0.05) is 13.3 Å². The van der Waals surface area contributed by atoms with Crippen LogP contribution in [-0.4, -0.2) is 48.8 Å². The third-order valence-corrected chi connectivity index (χ3v) is 3.82. The molecule has 1 aliphatic heterocycles. The minimum atomic E-state index is 0.209. The molecule has 0 aromatic carbocycles. The minimum Gasteiger partial charge on any atom is -0.377 e. The average molecular weight is 270 g/mol. The summed E-state index contributed by atoms with van der Waals surface area (Å²) in [6.07, 6.45) is 5.50. The van der Waals surface area contributed by atoms with Gasteiger partial charge in [0, 0.05) is 31.3 Å². The summed E-state index contributed by atoms with van der Waals surface area (Å²) in [5.41, 5.74) is 0.209. The molecule has 0 spiro atoms. The molecule has 1 N–H and O–H groups in total. The summed E-state index contributed by atoms with van der Waals surface area (Å²) in [6, 6.07) is 0.660. The smallest absolute Gasteiger partial charge is 0.0702 e. The van der Waals surface area contributed by atoms with Gasteiger partial charge in [-0.3, -0.25) is 4.90 Å². The average Bonchev–Trinajstić information content (AvgIpc) is 2.34. The predicted molar refractivity (Wildman–Crippen MR) is 82.7 cm³/mol. The van der Waals surface area contributed by atoms with Gasteiger partial charge in [0.2, 0.25) is 0 Å². The molecule has 114 valence electrons. The molecule has 0 aromatic heterocycles. The summed E-state index contributed by atoms with van der Waals surface area (Å²) in [6.45, 7) is 15.4. The SMILES string of the molecule is CCCC(CNC(C)(C)C)N1CCCC(OCC)C1. The van der Waals surface area contributed by atoms with Gasteiger partial charge in [-0.05, 0) is 53.5 Å². The summed E-state index contributed by atoms with van der Waals surface area (Å²) in [5.74, 6) is 0. The van der Waals surface area contributed by atoms with Crippen LogP contribution in [-0.2, 0) is 4.74 Å². The van der Waals surface area contributed by atoms with Crippen LogP contribution in [0.4, 0.5) is 0 Å². The van der Waals surface area contributed by atoms with Crippen LogP contribution in [0.5, 0.6) is 0 Å². The molecule has 0 saturated carbocycles. The molecule has 0 aliphatic carbocycles. The Morgan fingerprint density at radius 2 is 2.05 bits per heavy atom. The molecule has 0 aromatic rings. The Hall–Kier alpha value is -0.120. The highest BCUT2D eigenvalue weighted by Gasteiger charge is 2.26. The number of hydrogen-bond donors (Lipinski definition) is 1. The minimum absolute atomic E-state index is 0.209. The van der Waals surface area contributed by atoms with E-state index in [9.17, 15) is 0 Å². The van der Waals surface area contributed by atoms with Crippen LogP contribution >= 0.6 is 0 Å². The maximum absolute atomic E-state index is 5.82. The normalized spacial score (nSPS) is 23.5. The van der Waals surface area contributed by atoms with Gasteiger partial charge >= 0.3 is 0 Å². The van der Waals surface area contributed by atoms with Gasteiger partial charge in [-0.2, -0.15) is 0 Å². The molecule has 1 fully saturated rings. The molecule has 1 aliphatic rings. The molecule has 0 radical (unpaired) electrons. The van der Waals surface area contributed by atoms with Gasteiger partial charge in [0.15, 0.2) is 0 Å². The van der Waals surface area contributed by atoms with Crippen molar-refractivity contribution < 1.29 is 4.74 Å². The Labute approximate surface area is 120 Å². The highest BCUT2D eigenvalue weighted by Crippen LogP contribution is 2.18. The molecule has 2 unspecified atom stereocenters. The lowest BCUT2D eigenvalue weighted by atomic mass is 10.0. The first-order valence-corrected chi connectivity index (χ1v) is 8.07. The number of hydrogen-bond acceptors (Lipinski definition) is 3. The highest BCUT2D eigenvalue weighted by molar-refractivity contribution is 4.83. The van der Waals surface area contributed by atoms with Crippen molar-refractivity contribution in [2.75, 3.05) is 26.2 Å². The monoisotopic (exact) mass is 270 g/mol. The fourth-order valence-corrected chi connectivity index (χ4v) is 2.84. The fraction of sp³-hybridized carbons (Fsp3) is 1.00. The van der Waals surface area contributed by atoms with E-state index in [4.69, 9.17) is 4.74 Å². The van der Waals surface area contributed by atoms with E-state index in [2.05, 4.69) is 44.8 Å². The van der Waals surface area contributed by atoms with Crippen molar-refractivity contribution in [3.8, 4) is 0 Å². The standard InChI is InChI=1S/C16H34N2O/c1-6-9-14(12-17-16(3,4)5)18-11-8-10-15(13-18)19-7-2/h14-15,17H,6-13H2,1-5H3. The van der Waals surface area contributed by atoms with Crippen molar-refractivity contribution in [3.05, 3.63) is 0 Å². The Bertz CT molecular complexity index is 235. The van der Waals surface area contributed by atoms with E-state index in [1.54, 1.807) is 0 Å². The number of nitrogens with zero attached hydrogens (tertiary/aromatic N) is 1. The first-order valence-electron chi connectivity index (χ1n) is 8.07. The highest BCUT2D eigenvalue weighted by atomic mass is 16.5. The molecule has 1 heterocycles. The summed E-state index contributed by atoms with van der Waals surface area (Å²) < 4.78 is 5.82. The van der Waals surface area contributed by atoms with E-state index in [0.717, 1.165) is 19.7 Å². The first-order chi connectivity index (χ1) is 8.96. The maximum Gasteiger partial charge on any atom is 0.0702 e. The number of piperidine rings is 1. The predicted octanol–water partition coefficient (Wildman–Crippen LogP) is 3.04. The van der Waals surface area contributed by atoms with E-state index in [0.29, 0.717) is 12.1 Å². The number of nitrogens with one attached hydrogen (secondary N) is 1. The molecular formula is C16H34N2O. The van der Waals surface area contributed by atoms with Crippen LogP contribution in [0.15, 0.2) is 0 Å².